The number of hydrogen-bond donors (Lipinski definition) is 0. The molecule has 1 aromatic heterocycles. The second-order valence-corrected chi connectivity index (χ2v) is 17.6. The summed E-state index contributed by atoms with van der Waals surface area (Å²) in [4.78, 5) is 2.38. The van der Waals surface area contributed by atoms with Gasteiger partial charge in [-0.2, -0.15) is 0 Å². The van der Waals surface area contributed by atoms with Crippen molar-refractivity contribution in [1.82, 2.24) is 0 Å². The molecule has 0 atom stereocenters. The number of para-hydroxylation sites is 1. The lowest BCUT2D eigenvalue weighted by Gasteiger charge is -2.27. The third kappa shape index (κ3) is 6.82. The lowest BCUT2D eigenvalue weighted by Crippen LogP contribution is -2.10. The molecule has 12 aromatic carbocycles. The Kier molecular flexibility index (Phi) is 9.54. The molecule has 68 heavy (non-hydrogen) atoms. The first-order valence-corrected chi connectivity index (χ1v) is 23.3. The minimum atomic E-state index is 0.888. The van der Waals surface area contributed by atoms with Gasteiger partial charge >= 0.3 is 0 Å². The normalized spacial score (nSPS) is 11.5. The van der Waals surface area contributed by atoms with Gasteiger partial charge in [0.1, 0.15) is 11.2 Å². The summed E-state index contributed by atoms with van der Waals surface area (Å²) in [7, 11) is 0. The van der Waals surface area contributed by atoms with Crippen molar-refractivity contribution in [3.05, 3.63) is 261 Å². The smallest absolute Gasteiger partial charge is 0.136 e. The zero-order valence-electron chi connectivity index (χ0n) is 37.2. The second kappa shape index (κ2) is 16.5. The quantitative estimate of drug-likeness (QED) is 0.142. The predicted molar refractivity (Wildman–Crippen MR) is 288 cm³/mol. The third-order valence-corrected chi connectivity index (χ3v) is 13.7. The Labute approximate surface area is 395 Å². The zero-order chi connectivity index (χ0) is 45.0. The lowest BCUT2D eigenvalue weighted by molar-refractivity contribution is 0.669. The highest BCUT2D eigenvalue weighted by Crippen LogP contribution is 2.46. The van der Waals surface area contributed by atoms with Crippen molar-refractivity contribution in [2.45, 2.75) is 0 Å². The highest BCUT2D eigenvalue weighted by atomic mass is 16.3. The fourth-order valence-corrected chi connectivity index (χ4v) is 10.4. The van der Waals surface area contributed by atoms with Crippen LogP contribution < -0.4 is 4.90 Å². The van der Waals surface area contributed by atoms with E-state index in [1.807, 2.05) is 12.1 Å². The Morgan fingerprint density at radius 1 is 0.250 bits per heavy atom. The molecule has 0 N–H and O–H groups in total. The van der Waals surface area contributed by atoms with Gasteiger partial charge in [-0.05, 0) is 143 Å². The van der Waals surface area contributed by atoms with Crippen LogP contribution in [0.15, 0.2) is 265 Å². The highest BCUT2D eigenvalue weighted by molar-refractivity contribution is 6.21. The van der Waals surface area contributed by atoms with E-state index in [0.29, 0.717) is 0 Å². The van der Waals surface area contributed by atoms with Gasteiger partial charge in [-0.15, -0.1) is 0 Å². The standard InChI is InChI=1S/C66H43NO/c1-2-15-48(16-3-1)64-59-22-8-6-20-57(59)58-21-7-9-23-60(58)65(64)49-36-40-54(41-37-49)67(55-19-12-18-52(43-55)56-25-13-27-63-66(56)61-24-10-11-26-62(61)68-63)53-38-34-46(35-39-53)45-28-30-47(31-29-45)51-33-32-44-14-4-5-17-50(44)42-51/h1-43H. The molecule has 2 heteroatoms. The number of benzene rings is 12. The van der Waals surface area contributed by atoms with E-state index < -0.39 is 0 Å². The molecule has 13 aromatic rings. The summed E-state index contributed by atoms with van der Waals surface area (Å²) in [5.74, 6) is 0. The van der Waals surface area contributed by atoms with Crippen LogP contribution in [0.5, 0.6) is 0 Å². The van der Waals surface area contributed by atoms with Gasteiger partial charge in [0.05, 0.1) is 0 Å². The molecule has 0 spiro atoms. The third-order valence-electron chi connectivity index (χ3n) is 13.7. The maximum Gasteiger partial charge on any atom is 0.136 e. The molecule has 0 fully saturated rings. The number of furan rings is 1. The van der Waals surface area contributed by atoms with Crippen LogP contribution in [-0.2, 0) is 0 Å². The van der Waals surface area contributed by atoms with E-state index >= 15 is 0 Å². The SMILES string of the molecule is c1ccc(-c2c(-c3ccc(N(c4ccc(-c5ccc(-c6ccc7ccccc7c6)cc5)cc4)c4cccc(-c5cccc6oc7ccccc7c56)c4)cc3)c3ccccc3c3ccccc23)cc1. The van der Waals surface area contributed by atoms with E-state index in [9.17, 15) is 0 Å². The highest BCUT2D eigenvalue weighted by Gasteiger charge is 2.20. The number of anilines is 3. The Morgan fingerprint density at radius 3 is 1.40 bits per heavy atom. The van der Waals surface area contributed by atoms with E-state index in [1.165, 1.54) is 71.3 Å². The summed E-state index contributed by atoms with van der Waals surface area (Å²) in [6.45, 7) is 0. The van der Waals surface area contributed by atoms with E-state index in [0.717, 1.165) is 55.7 Å². The number of nitrogens with zero attached hydrogens (tertiary/aromatic N) is 1. The fourth-order valence-electron chi connectivity index (χ4n) is 10.4. The van der Waals surface area contributed by atoms with Crippen molar-refractivity contribution in [3.63, 3.8) is 0 Å². The van der Waals surface area contributed by atoms with Gasteiger partial charge in [-0.3, -0.25) is 0 Å². The summed E-state index contributed by atoms with van der Waals surface area (Å²) in [6, 6.07) is 94.5. The fraction of sp³-hybridized carbons (Fsp3) is 0. The van der Waals surface area contributed by atoms with Crippen molar-refractivity contribution in [2.24, 2.45) is 0 Å². The molecule has 318 valence electrons. The van der Waals surface area contributed by atoms with E-state index in [-0.39, 0.29) is 0 Å². The van der Waals surface area contributed by atoms with Crippen LogP contribution in [0.1, 0.15) is 0 Å². The maximum atomic E-state index is 6.35. The first-order valence-electron chi connectivity index (χ1n) is 23.3. The minimum absolute atomic E-state index is 0.888. The molecule has 0 aliphatic rings. The van der Waals surface area contributed by atoms with Crippen LogP contribution in [0.3, 0.4) is 0 Å². The first kappa shape index (κ1) is 39.4. The average Bonchev–Trinajstić information content (AvgIpc) is 3.80. The van der Waals surface area contributed by atoms with E-state index in [2.05, 4.69) is 254 Å². The molecule has 1 heterocycles. The van der Waals surface area contributed by atoms with Crippen molar-refractivity contribution < 1.29 is 4.42 Å². The van der Waals surface area contributed by atoms with Gasteiger partial charge in [-0.25, -0.2) is 0 Å². The van der Waals surface area contributed by atoms with Gasteiger partial charge in [0, 0.05) is 27.8 Å². The first-order chi connectivity index (χ1) is 33.7. The van der Waals surface area contributed by atoms with Crippen molar-refractivity contribution in [3.8, 4) is 55.6 Å². The van der Waals surface area contributed by atoms with Crippen molar-refractivity contribution in [2.75, 3.05) is 4.90 Å². The molecule has 0 aliphatic carbocycles. The van der Waals surface area contributed by atoms with Gasteiger partial charge in [0.15, 0.2) is 0 Å². The number of hydrogen-bond acceptors (Lipinski definition) is 2. The summed E-state index contributed by atoms with van der Waals surface area (Å²) >= 11 is 0. The lowest BCUT2D eigenvalue weighted by atomic mass is 9.85. The predicted octanol–water partition coefficient (Wildman–Crippen LogP) is 18.9. The Balaban J connectivity index is 0.930. The van der Waals surface area contributed by atoms with Gasteiger partial charge in [0.25, 0.3) is 0 Å². The van der Waals surface area contributed by atoms with Gasteiger partial charge < -0.3 is 9.32 Å². The maximum absolute atomic E-state index is 6.35. The van der Waals surface area contributed by atoms with Crippen LogP contribution in [-0.4, -0.2) is 0 Å². The van der Waals surface area contributed by atoms with Crippen molar-refractivity contribution >= 4 is 71.3 Å². The topological polar surface area (TPSA) is 16.4 Å². The molecule has 0 amide bonds. The number of rotatable bonds is 8. The Morgan fingerprint density at radius 2 is 0.721 bits per heavy atom. The molecule has 0 saturated carbocycles. The summed E-state index contributed by atoms with van der Waals surface area (Å²) < 4.78 is 6.35. The second-order valence-electron chi connectivity index (χ2n) is 17.6. The largest absolute Gasteiger partial charge is 0.456 e. The van der Waals surface area contributed by atoms with Gasteiger partial charge in [0.2, 0.25) is 0 Å². The van der Waals surface area contributed by atoms with Crippen molar-refractivity contribution in [1.29, 1.82) is 0 Å². The minimum Gasteiger partial charge on any atom is -0.456 e. The van der Waals surface area contributed by atoms with Crippen LogP contribution in [0, 0.1) is 0 Å². The molecule has 0 saturated heterocycles. The molecular formula is C66H43NO. The summed E-state index contributed by atoms with van der Waals surface area (Å²) in [5.41, 5.74) is 16.9. The van der Waals surface area contributed by atoms with Crippen LogP contribution in [0.4, 0.5) is 17.1 Å². The molecule has 0 radical (unpaired) electrons. The molecule has 2 nitrogen and oxygen atoms in total. The Bertz CT molecular complexity index is 4000. The molecule has 0 unspecified atom stereocenters. The zero-order valence-corrected chi connectivity index (χ0v) is 37.2. The summed E-state index contributed by atoms with van der Waals surface area (Å²) in [6.07, 6.45) is 0. The van der Waals surface area contributed by atoms with E-state index in [1.54, 1.807) is 0 Å². The van der Waals surface area contributed by atoms with Crippen LogP contribution >= 0.6 is 0 Å². The number of fused-ring (bicyclic) bond motifs is 7. The van der Waals surface area contributed by atoms with Crippen LogP contribution in [0.2, 0.25) is 0 Å². The molecular weight excluding hydrogens is 823 g/mol. The van der Waals surface area contributed by atoms with E-state index in [4.69, 9.17) is 4.42 Å². The van der Waals surface area contributed by atoms with Gasteiger partial charge in [-0.1, -0.05) is 206 Å². The molecule has 13 rings (SSSR count). The monoisotopic (exact) mass is 865 g/mol. The van der Waals surface area contributed by atoms with Crippen LogP contribution in [0.25, 0.3) is 110 Å². The average molecular weight is 866 g/mol. The molecule has 0 bridgehead atoms. The Hall–Kier alpha value is -8.98. The molecule has 0 aliphatic heterocycles. The summed E-state index contributed by atoms with van der Waals surface area (Å²) in [5, 5.41) is 9.76.